The van der Waals surface area contributed by atoms with Gasteiger partial charge in [0.05, 0.1) is 11.9 Å². The summed E-state index contributed by atoms with van der Waals surface area (Å²) >= 11 is 0. The number of hydrogen-bond donors (Lipinski definition) is 3. The summed E-state index contributed by atoms with van der Waals surface area (Å²) in [7, 11) is -2.11. The Kier molecular flexibility index (Phi) is 3.50. The molecule has 1 heterocycles. The lowest BCUT2D eigenvalue weighted by Gasteiger charge is -2.27. The Balaban J connectivity index is 2.32. The third-order valence-electron chi connectivity index (χ3n) is 3.34. The summed E-state index contributed by atoms with van der Waals surface area (Å²) in [4.78, 5) is 3.82. The molecule has 1 aromatic rings. The molecule has 19 heavy (non-hydrogen) atoms. The van der Waals surface area contributed by atoms with Crippen LogP contribution < -0.4 is 10.5 Å². The first-order valence-corrected chi connectivity index (χ1v) is 7.38. The van der Waals surface area contributed by atoms with Gasteiger partial charge >= 0.3 is 0 Å². The number of sulfonamides is 1. The Hall–Kier alpha value is -1.61. The predicted molar refractivity (Wildman–Crippen MR) is 68.1 cm³/mol. The van der Waals surface area contributed by atoms with Crippen LogP contribution in [0.4, 0.5) is 0 Å². The van der Waals surface area contributed by atoms with Gasteiger partial charge in [-0.05, 0) is 12.8 Å². The maximum Gasteiger partial charge on any atom is 0.260 e. The second-order valence-electron chi connectivity index (χ2n) is 4.76. The lowest BCUT2D eigenvalue weighted by molar-refractivity contribution is 0.309. The minimum Gasteiger partial charge on any atom is -0.409 e. The molecule has 4 N–H and O–H groups in total. The number of nitrogens with zero attached hydrogens (tertiary/aromatic N) is 3. The van der Waals surface area contributed by atoms with Gasteiger partial charge in [0.15, 0.2) is 10.9 Å². The van der Waals surface area contributed by atoms with Crippen molar-refractivity contribution < 1.29 is 13.6 Å². The van der Waals surface area contributed by atoms with Crippen molar-refractivity contribution in [1.29, 1.82) is 0 Å². The lowest BCUT2D eigenvalue weighted by Crippen LogP contribution is -2.55. The molecular weight excluding hydrogens is 270 g/mol. The van der Waals surface area contributed by atoms with Gasteiger partial charge in [-0.2, -0.15) is 4.72 Å². The first-order valence-electron chi connectivity index (χ1n) is 5.90. The van der Waals surface area contributed by atoms with Crippen LogP contribution in [0.1, 0.15) is 25.7 Å². The second kappa shape index (κ2) is 4.82. The van der Waals surface area contributed by atoms with Gasteiger partial charge in [0.25, 0.3) is 10.0 Å². The normalized spacial score (nSPS) is 19.7. The van der Waals surface area contributed by atoms with Gasteiger partial charge < -0.3 is 15.5 Å². The van der Waals surface area contributed by atoms with Crippen LogP contribution in [0.3, 0.4) is 0 Å². The minimum atomic E-state index is -3.79. The second-order valence-corrected chi connectivity index (χ2v) is 6.39. The summed E-state index contributed by atoms with van der Waals surface area (Å²) in [5.41, 5.74) is 4.64. The lowest BCUT2D eigenvalue weighted by atomic mass is 9.98. The predicted octanol–water partition coefficient (Wildman–Crippen LogP) is -0.242. The molecule has 0 aromatic carbocycles. The summed E-state index contributed by atoms with van der Waals surface area (Å²) in [6, 6.07) is 0. The fourth-order valence-electron chi connectivity index (χ4n) is 2.32. The van der Waals surface area contributed by atoms with Crippen LogP contribution in [0.15, 0.2) is 22.7 Å². The molecule has 0 spiro atoms. The monoisotopic (exact) mass is 287 g/mol. The van der Waals surface area contributed by atoms with E-state index in [4.69, 9.17) is 10.9 Å². The molecule has 2 rings (SSSR count). The molecule has 9 heteroatoms. The Morgan fingerprint density at radius 1 is 1.58 bits per heavy atom. The smallest absolute Gasteiger partial charge is 0.260 e. The van der Waals surface area contributed by atoms with Crippen LogP contribution in [0.2, 0.25) is 0 Å². The maximum absolute atomic E-state index is 12.2. The zero-order valence-corrected chi connectivity index (χ0v) is 11.4. The molecule has 1 saturated carbocycles. The average molecular weight is 287 g/mol. The molecule has 0 radical (unpaired) electrons. The Labute approximate surface area is 111 Å². The van der Waals surface area contributed by atoms with E-state index in [1.54, 1.807) is 11.6 Å². The zero-order chi connectivity index (χ0) is 14.1. The number of aryl methyl sites for hydroxylation is 1. The molecular formula is C10H17N5O3S. The molecule has 1 aromatic heterocycles. The third kappa shape index (κ3) is 2.56. The van der Waals surface area contributed by atoms with Crippen molar-refractivity contribution in [2.75, 3.05) is 0 Å². The maximum atomic E-state index is 12.2. The molecule has 1 aliphatic rings. The van der Waals surface area contributed by atoms with Crippen LogP contribution in [0.5, 0.6) is 0 Å². The molecule has 0 atom stereocenters. The Bertz CT molecular complexity index is 586. The van der Waals surface area contributed by atoms with Crippen LogP contribution in [0.25, 0.3) is 0 Å². The SMILES string of the molecule is Cn1cnc(S(=O)(=O)NC2(/C(N)=N/O)CCCC2)c1. The topological polar surface area (TPSA) is 123 Å². The summed E-state index contributed by atoms with van der Waals surface area (Å²) in [5, 5.41) is 11.7. The van der Waals surface area contributed by atoms with Crippen molar-refractivity contribution in [3.63, 3.8) is 0 Å². The van der Waals surface area contributed by atoms with E-state index < -0.39 is 15.6 Å². The van der Waals surface area contributed by atoms with E-state index in [9.17, 15) is 8.42 Å². The average Bonchev–Trinajstić information content (AvgIpc) is 2.98. The highest BCUT2D eigenvalue weighted by Crippen LogP contribution is 2.31. The molecule has 0 saturated heterocycles. The number of hydrogen-bond acceptors (Lipinski definition) is 5. The number of aromatic nitrogens is 2. The standard InChI is InChI=1S/C10H17N5O3S/c1-15-6-8(12-7-15)19(17,18)14-10(9(11)13-16)4-2-3-5-10/h6-7,14,16H,2-5H2,1H3,(H2,11,13). The van der Waals surface area contributed by atoms with E-state index in [1.807, 2.05) is 0 Å². The summed E-state index contributed by atoms with van der Waals surface area (Å²) < 4.78 is 28.6. The fraction of sp³-hybridized carbons (Fsp3) is 0.600. The molecule has 0 bridgehead atoms. The highest BCUT2D eigenvalue weighted by Gasteiger charge is 2.42. The van der Waals surface area contributed by atoms with Crippen LogP contribution >= 0.6 is 0 Å². The Morgan fingerprint density at radius 2 is 2.21 bits per heavy atom. The summed E-state index contributed by atoms with van der Waals surface area (Å²) in [5.74, 6) is -0.107. The highest BCUT2D eigenvalue weighted by molar-refractivity contribution is 7.89. The van der Waals surface area contributed by atoms with Gasteiger partial charge in [-0.15, -0.1) is 0 Å². The number of amidine groups is 1. The van der Waals surface area contributed by atoms with Crippen molar-refractivity contribution >= 4 is 15.9 Å². The summed E-state index contributed by atoms with van der Waals surface area (Å²) in [6.07, 6.45) is 5.46. The van der Waals surface area contributed by atoms with E-state index in [-0.39, 0.29) is 10.9 Å². The summed E-state index contributed by atoms with van der Waals surface area (Å²) in [6.45, 7) is 0. The van der Waals surface area contributed by atoms with Gasteiger partial charge in [-0.25, -0.2) is 13.4 Å². The number of imidazole rings is 1. The van der Waals surface area contributed by atoms with Crippen LogP contribution in [-0.2, 0) is 17.1 Å². The number of nitrogens with two attached hydrogens (primary N) is 1. The zero-order valence-electron chi connectivity index (χ0n) is 10.6. The Morgan fingerprint density at radius 3 is 2.68 bits per heavy atom. The van der Waals surface area contributed by atoms with Crippen LogP contribution in [-0.4, -0.2) is 34.6 Å². The first kappa shape index (κ1) is 13.8. The van der Waals surface area contributed by atoms with Gasteiger partial charge in [-0.3, -0.25) is 0 Å². The molecule has 8 nitrogen and oxygen atoms in total. The van der Waals surface area contributed by atoms with Gasteiger partial charge in [0, 0.05) is 13.2 Å². The van der Waals surface area contributed by atoms with Gasteiger partial charge in [0.2, 0.25) is 0 Å². The van der Waals surface area contributed by atoms with Gasteiger partial charge in [-0.1, -0.05) is 18.0 Å². The van der Waals surface area contributed by atoms with E-state index in [1.165, 1.54) is 12.5 Å². The number of rotatable bonds is 4. The molecule has 1 aliphatic carbocycles. The third-order valence-corrected chi connectivity index (χ3v) is 4.76. The first-order chi connectivity index (χ1) is 8.89. The molecule has 0 unspecified atom stereocenters. The van der Waals surface area contributed by atoms with E-state index in [0.717, 1.165) is 12.8 Å². The van der Waals surface area contributed by atoms with E-state index >= 15 is 0 Å². The highest BCUT2D eigenvalue weighted by atomic mass is 32.2. The minimum absolute atomic E-state index is 0.0768. The van der Waals surface area contributed by atoms with Crippen LogP contribution in [0, 0.1) is 0 Å². The largest absolute Gasteiger partial charge is 0.409 e. The molecule has 0 aliphatic heterocycles. The van der Waals surface area contributed by atoms with Gasteiger partial charge in [0.1, 0.15) is 0 Å². The molecule has 1 fully saturated rings. The quantitative estimate of drug-likeness (QED) is 0.305. The van der Waals surface area contributed by atoms with Crippen molar-refractivity contribution in [2.45, 2.75) is 36.2 Å². The fourth-order valence-corrected chi connectivity index (χ4v) is 3.74. The number of nitrogens with one attached hydrogen (secondary N) is 1. The van der Waals surface area contributed by atoms with Crippen molar-refractivity contribution in [1.82, 2.24) is 14.3 Å². The van der Waals surface area contributed by atoms with E-state index in [2.05, 4.69) is 14.9 Å². The van der Waals surface area contributed by atoms with E-state index in [0.29, 0.717) is 12.8 Å². The van der Waals surface area contributed by atoms with Crippen molar-refractivity contribution in [2.24, 2.45) is 17.9 Å². The molecule has 0 amide bonds. The molecule has 106 valence electrons. The number of oxime groups is 1. The van der Waals surface area contributed by atoms with Crippen molar-refractivity contribution in [3.05, 3.63) is 12.5 Å². The van der Waals surface area contributed by atoms with Crippen molar-refractivity contribution in [3.8, 4) is 0 Å².